The maximum atomic E-state index is 9.30. The van der Waals surface area contributed by atoms with Crippen LogP contribution in [0.4, 0.5) is 0 Å². The van der Waals surface area contributed by atoms with E-state index in [4.69, 9.17) is 0 Å². The third-order valence-corrected chi connectivity index (χ3v) is 3.25. The summed E-state index contributed by atoms with van der Waals surface area (Å²) in [7, 11) is 0. The van der Waals surface area contributed by atoms with E-state index in [9.17, 15) is 5.11 Å². The molecule has 0 amide bonds. The van der Waals surface area contributed by atoms with Gasteiger partial charge in [0.2, 0.25) is 0 Å². The van der Waals surface area contributed by atoms with Gasteiger partial charge in [-0.3, -0.25) is 0 Å². The molecule has 102 valence electrons. The highest BCUT2D eigenvalue weighted by atomic mass is 16.3. The highest BCUT2D eigenvalue weighted by molar-refractivity contribution is 5.27. The molecule has 19 heavy (non-hydrogen) atoms. The summed E-state index contributed by atoms with van der Waals surface area (Å²) in [5.74, 6) is 0.318. The number of nitrogens with zero attached hydrogens (tertiary/aromatic N) is 2. The number of aryl methyl sites for hydroxylation is 1. The Hall–Kier alpha value is -1.81. The number of benzene rings is 1. The minimum Gasteiger partial charge on any atom is -0.508 e. The molecule has 0 saturated heterocycles. The number of phenolic OH excluding ortho intramolecular Hbond substituents is 1. The summed E-state index contributed by atoms with van der Waals surface area (Å²) in [5, 5.41) is 12.9. The maximum Gasteiger partial charge on any atom is 0.115 e. The van der Waals surface area contributed by atoms with Gasteiger partial charge in [0.1, 0.15) is 5.75 Å². The van der Waals surface area contributed by atoms with Crippen molar-refractivity contribution in [1.82, 2.24) is 14.9 Å². The molecule has 4 heteroatoms. The molecule has 1 heterocycles. The third-order valence-electron chi connectivity index (χ3n) is 3.25. The van der Waals surface area contributed by atoms with E-state index in [0.29, 0.717) is 11.8 Å². The van der Waals surface area contributed by atoms with Crippen LogP contribution in [-0.4, -0.2) is 21.2 Å². The Morgan fingerprint density at radius 1 is 1.32 bits per heavy atom. The molecule has 0 aliphatic carbocycles. The molecule has 0 bridgehead atoms. The SMILES string of the molecule is CCC(NCCCn1ccnc1)c1ccc(O)cc1. The van der Waals surface area contributed by atoms with E-state index in [0.717, 1.165) is 25.9 Å². The molecule has 0 fully saturated rings. The van der Waals surface area contributed by atoms with Crippen molar-refractivity contribution in [3.05, 3.63) is 48.5 Å². The van der Waals surface area contributed by atoms with Gasteiger partial charge in [-0.2, -0.15) is 0 Å². The Morgan fingerprint density at radius 2 is 2.11 bits per heavy atom. The van der Waals surface area contributed by atoms with Crippen LogP contribution >= 0.6 is 0 Å². The summed E-state index contributed by atoms with van der Waals surface area (Å²) < 4.78 is 2.09. The Kier molecular flexibility index (Phi) is 4.98. The number of aromatic hydroxyl groups is 1. The molecule has 0 aliphatic heterocycles. The number of aromatic nitrogens is 2. The molecule has 0 saturated carbocycles. The molecular formula is C15H21N3O. The quantitative estimate of drug-likeness (QED) is 0.752. The van der Waals surface area contributed by atoms with E-state index in [1.165, 1.54) is 5.56 Å². The number of hydrogen-bond donors (Lipinski definition) is 2. The van der Waals surface area contributed by atoms with Crippen molar-refractivity contribution in [2.75, 3.05) is 6.54 Å². The van der Waals surface area contributed by atoms with Crippen LogP contribution in [0.15, 0.2) is 43.0 Å². The highest BCUT2D eigenvalue weighted by Crippen LogP contribution is 2.19. The maximum absolute atomic E-state index is 9.30. The van der Waals surface area contributed by atoms with E-state index in [2.05, 4.69) is 21.8 Å². The monoisotopic (exact) mass is 259 g/mol. The number of phenols is 1. The van der Waals surface area contributed by atoms with E-state index in [-0.39, 0.29) is 0 Å². The second-order valence-corrected chi connectivity index (χ2v) is 4.66. The van der Waals surface area contributed by atoms with Crippen LogP contribution in [0.25, 0.3) is 0 Å². The van der Waals surface area contributed by atoms with Gasteiger partial charge in [0.25, 0.3) is 0 Å². The van der Waals surface area contributed by atoms with Gasteiger partial charge in [0.15, 0.2) is 0 Å². The first-order valence-corrected chi connectivity index (χ1v) is 6.77. The molecule has 1 unspecified atom stereocenters. The van der Waals surface area contributed by atoms with E-state index in [1.807, 2.05) is 24.7 Å². The number of nitrogens with one attached hydrogen (secondary N) is 1. The molecular weight excluding hydrogens is 238 g/mol. The zero-order chi connectivity index (χ0) is 13.5. The highest BCUT2D eigenvalue weighted by Gasteiger charge is 2.07. The molecule has 0 spiro atoms. The summed E-state index contributed by atoms with van der Waals surface area (Å²) >= 11 is 0. The van der Waals surface area contributed by atoms with Crippen LogP contribution in [0, 0.1) is 0 Å². The van der Waals surface area contributed by atoms with Crippen LogP contribution in [0.3, 0.4) is 0 Å². The Bertz CT molecular complexity index is 465. The Morgan fingerprint density at radius 3 is 2.74 bits per heavy atom. The van der Waals surface area contributed by atoms with Gasteiger partial charge in [-0.25, -0.2) is 4.98 Å². The molecule has 2 aromatic rings. The first kappa shape index (κ1) is 13.6. The lowest BCUT2D eigenvalue weighted by atomic mass is 10.0. The predicted octanol–water partition coefficient (Wildman–Crippen LogP) is 2.72. The van der Waals surface area contributed by atoms with Crippen LogP contribution in [0.1, 0.15) is 31.4 Å². The van der Waals surface area contributed by atoms with Crippen LogP contribution in [-0.2, 0) is 6.54 Å². The summed E-state index contributed by atoms with van der Waals surface area (Å²) in [5.41, 5.74) is 1.22. The van der Waals surface area contributed by atoms with E-state index >= 15 is 0 Å². The largest absolute Gasteiger partial charge is 0.508 e. The van der Waals surface area contributed by atoms with E-state index in [1.54, 1.807) is 18.3 Å². The number of rotatable bonds is 7. The molecule has 1 atom stereocenters. The lowest BCUT2D eigenvalue weighted by Crippen LogP contribution is -2.22. The second kappa shape index (κ2) is 6.95. The van der Waals surface area contributed by atoms with Crippen LogP contribution in [0.5, 0.6) is 5.75 Å². The van der Waals surface area contributed by atoms with Crippen molar-refractivity contribution in [2.45, 2.75) is 32.4 Å². The molecule has 1 aromatic heterocycles. The van der Waals surface area contributed by atoms with E-state index < -0.39 is 0 Å². The average Bonchev–Trinajstić information content (AvgIpc) is 2.93. The topological polar surface area (TPSA) is 50.1 Å². The van der Waals surface area contributed by atoms with Gasteiger partial charge in [0, 0.05) is 25.0 Å². The molecule has 1 aromatic carbocycles. The minimum atomic E-state index is 0.318. The molecule has 2 rings (SSSR count). The zero-order valence-corrected chi connectivity index (χ0v) is 11.3. The van der Waals surface area contributed by atoms with Crippen molar-refractivity contribution in [3.8, 4) is 5.75 Å². The summed E-state index contributed by atoms with van der Waals surface area (Å²) in [6, 6.07) is 7.79. The van der Waals surface area contributed by atoms with Gasteiger partial charge < -0.3 is 15.0 Å². The fraction of sp³-hybridized carbons (Fsp3) is 0.400. The van der Waals surface area contributed by atoms with Crippen molar-refractivity contribution >= 4 is 0 Å². The van der Waals surface area contributed by atoms with Crippen molar-refractivity contribution in [2.24, 2.45) is 0 Å². The summed E-state index contributed by atoms with van der Waals surface area (Å²) in [6.45, 7) is 4.12. The normalized spacial score (nSPS) is 12.5. The lowest BCUT2D eigenvalue weighted by molar-refractivity contribution is 0.471. The third kappa shape index (κ3) is 4.10. The minimum absolute atomic E-state index is 0.318. The first-order chi connectivity index (χ1) is 9.29. The van der Waals surface area contributed by atoms with Crippen LogP contribution < -0.4 is 5.32 Å². The first-order valence-electron chi connectivity index (χ1n) is 6.77. The molecule has 0 radical (unpaired) electrons. The van der Waals surface area contributed by atoms with Crippen molar-refractivity contribution in [3.63, 3.8) is 0 Å². The van der Waals surface area contributed by atoms with Gasteiger partial charge in [-0.05, 0) is 37.1 Å². The summed E-state index contributed by atoms with van der Waals surface area (Å²) in [6.07, 6.45) is 7.74. The fourth-order valence-electron chi connectivity index (χ4n) is 2.16. The Balaban J connectivity index is 1.77. The van der Waals surface area contributed by atoms with Gasteiger partial charge in [0.05, 0.1) is 6.33 Å². The second-order valence-electron chi connectivity index (χ2n) is 4.66. The molecule has 4 nitrogen and oxygen atoms in total. The van der Waals surface area contributed by atoms with Crippen molar-refractivity contribution in [1.29, 1.82) is 0 Å². The zero-order valence-electron chi connectivity index (χ0n) is 11.3. The smallest absolute Gasteiger partial charge is 0.115 e. The summed E-state index contributed by atoms with van der Waals surface area (Å²) in [4.78, 5) is 4.03. The average molecular weight is 259 g/mol. The fourth-order valence-corrected chi connectivity index (χ4v) is 2.16. The van der Waals surface area contributed by atoms with Crippen molar-refractivity contribution < 1.29 is 5.11 Å². The van der Waals surface area contributed by atoms with Gasteiger partial charge in [-0.1, -0.05) is 19.1 Å². The predicted molar refractivity (Wildman–Crippen MR) is 76.0 cm³/mol. The standard InChI is InChI=1S/C15H21N3O/c1-2-15(13-4-6-14(19)7-5-13)17-8-3-10-18-11-9-16-12-18/h4-7,9,11-12,15,17,19H,2-3,8,10H2,1H3. The lowest BCUT2D eigenvalue weighted by Gasteiger charge is -2.17. The van der Waals surface area contributed by atoms with Gasteiger partial charge >= 0.3 is 0 Å². The number of hydrogen-bond acceptors (Lipinski definition) is 3. The molecule has 0 aliphatic rings. The Labute approximate surface area is 114 Å². The number of imidazole rings is 1. The van der Waals surface area contributed by atoms with Crippen LogP contribution in [0.2, 0.25) is 0 Å². The van der Waals surface area contributed by atoms with Gasteiger partial charge in [-0.15, -0.1) is 0 Å². The molecule has 2 N–H and O–H groups in total.